The van der Waals surface area contributed by atoms with Crippen LogP contribution in [0.3, 0.4) is 0 Å². The second kappa shape index (κ2) is 8.95. The molecule has 0 heterocycles. The number of allylic oxidation sites excluding steroid dienone is 3. The third-order valence-electron chi connectivity index (χ3n) is 1.09. The Bertz CT molecular complexity index is 136. The lowest BCUT2D eigenvalue weighted by atomic mass is 10.3. The van der Waals surface area contributed by atoms with Crippen molar-refractivity contribution in [2.45, 2.75) is 13.8 Å². The number of carbonyl (C=O) groups is 1. The summed E-state index contributed by atoms with van der Waals surface area (Å²) in [5.74, 6) is 0. The first-order chi connectivity index (χ1) is 5.16. The summed E-state index contributed by atoms with van der Waals surface area (Å²) in [5, 5.41) is 0. The van der Waals surface area contributed by atoms with Gasteiger partial charge >= 0.3 is 0 Å². The standard InChI is InChI=1S/C8H15N.CH2O/c1-5-8(2)6-7-9(3)4;1-2/h5-7H,1-4H3;1H2/b7-6-,8-5-;. The first-order valence-corrected chi connectivity index (χ1v) is 3.43. The molecule has 11 heavy (non-hydrogen) atoms. The van der Waals surface area contributed by atoms with Crippen LogP contribution in [0.4, 0.5) is 0 Å². The Hall–Kier alpha value is -1.05. The zero-order valence-electron chi connectivity index (χ0n) is 7.79. The maximum atomic E-state index is 8.00. The third kappa shape index (κ3) is 12.2. The minimum Gasteiger partial charge on any atom is -0.383 e. The van der Waals surface area contributed by atoms with E-state index in [1.165, 1.54) is 5.57 Å². The largest absolute Gasteiger partial charge is 0.383 e. The van der Waals surface area contributed by atoms with Crippen LogP contribution in [0.25, 0.3) is 0 Å². The van der Waals surface area contributed by atoms with Gasteiger partial charge < -0.3 is 9.69 Å². The van der Waals surface area contributed by atoms with Gasteiger partial charge in [-0.05, 0) is 26.1 Å². The molecule has 0 aromatic rings. The van der Waals surface area contributed by atoms with Crippen LogP contribution in [0.5, 0.6) is 0 Å². The van der Waals surface area contributed by atoms with Crippen molar-refractivity contribution >= 4 is 6.79 Å². The molecule has 0 aromatic carbocycles. The van der Waals surface area contributed by atoms with E-state index < -0.39 is 0 Å². The number of nitrogens with zero attached hydrogens (tertiary/aromatic N) is 1. The van der Waals surface area contributed by atoms with Gasteiger partial charge in [-0.3, -0.25) is 0 Å². The highest BCUT2D eigenvalue weighted by atomic mass is 16.1. The maximum absolute atomic E-state index is 8.00. The molecule has 0 saturated carbocycles. The number of hydrogen-bond donors (Lipinski definition) is 0. The lowest BCUT2D eigenvalue weighted by Crippen LogP contribution is -1.99. The first-order valence-electron chi connectivity index (χ1n) is 3.43. The summed E-state index contributed by atoms with van der Waals surface area (Å²) < 4.78 is 0. The average Bonchev–Trinajstić information content (AvgIpc) is 2.04. The molecule has 0 fully saturated rings. The molecule has 0 saturated heterocycles. The molecular weight excluding hydrogens is 138 g/mol. The van der Waals surface area contributed by atoms with Gasteiger partial charge in [0.2, 0.25) is 0 Å². The van der Waals surface area contributed by atoms with Crippen molar-refractivity contribution in [3.63, 3.8) is 0 Å². The highest BCUT2D eigenvalue weighted by Gasteiger charge is 1.76. The van der Waals surface area contributed by atoms with Crippen molar-refractivity contribution in [3.8, 4) is 0 Å². The minimum absolute atomic E-state index is 1.30. The zero-order chi connectivity index (χ0) is 9.28. The molecule has 0 rings (SSSR count). The van der Waals surface area contributed by atoms with E-state index in [-0.39, 0.29) is 0 Å². The fourth-order valence-corrected chi connectivity index (χ4v) is 0.363. The molecule has 2 nitrogen and oxygen atoms in total. The number of carbonyl (C=O) groups excluding carboxylic acids is 1. The van der Waals surface area contributed by atoms with Crippen molar-refractivity contribution in [2.75, 3.05) is 14.1 Å². The number of rotatable bonds is 2. The van der Waals surface area contributed by atoms with Gasteiger partial charge in [0.25, 0.3) is 0 Å². The second-order valence-electron chi connectivity index (χ2n) is 2.31. The molecule has 0 spiro atoms. The van der Waals surface area contributed by atoms with Crippen LogP contribution in [-0.2, 0) is 4.79 Å². The lowest BCUT2D eigenvalue weighted by Gasteiger charge is -2.02. The SMILES string of the molecule is C/C=C(C)\C=C/N(C)C.C=O. The van der Waals surface area contributed by atoms with Crippen molar-refractivity contribution < 1.29 is 4.79 Å². The number of hydrogen-bond acceptors (Lipinski definition) is 2. The second-order valence-corrected chi connectivity index (χ2v) is 2.31. The lowest BCUT2D eigenvalue weighted by molar-refractivity contribution is -0.0979. The minimum atomic E-state index is 1.30. The van der Waals surface area contributed by atoms with Crippen molar-refractivity contribution in [3.05, 3.63) is 23.9 Å². The molecule has 0 aromatic heterocycles. The fourth-order valence-electron chi connectivity index (χ4n) is 0.363. The normalized spacial score (nSPS) is 10.7. The predicted octanol–water partition coefficient (Wildman–Crippen LogP) is 1.84. The summed E-state index contributed by atoms with van der Waals surface area (Å²) in [6, 6.07) is 0. The summed E-state index contributed by atoms with van der Waals surface area (Å²) >= 11 is 0. The molecule has 0 amide bonds. The van der Waals surface area contributed by atoms with E-state index in [0.717, 1.165) is 0 Å². The van der Waals surface area contributed by atoms with Crippen molar-refractivity contribution in [1.82, 2.24) is 4.90 Å². The molecule has 0 unspecified atom stereocenters. The molecule has 0 atom stereocenters. The molecule has 0 N–H and O–H groups in total. The molecule has 0 bridgehead atoms. The molecular formula is C9H17NO. The summed E-state index contributed by atoms with van der Waals surface area (Å²) in [4.78, 5) is 10.0. The molecule has 0 aliphatic carbocycles. The van der Waals surface area contributed by atoms with Crippen LogP contribution in [0, 0.1) is 0 Å². The van der Waals surface area contributed by atoms with Crippen molar-refractivity contribution in [2.24, 2.45) is 0 Å². The van der Waals surface area contributed by atoms with E-state index in [0.29, 0.717) is 0 Å². The fraction of sp³-hybridized carbons (Fsp3) is 0.444. The Morgan fingerprint density at radius 3 is 2.09 bits per heavy atom. The maximum Gasteiger partial charge on any atom is 0.106 e. The molecule has 0 aliphatic heterocycles. The van der Waals surface area contributed by atoms with Crippen molar-refractivity contribution in [1.29, 1.82) is 0 Å². The highest BCUT2D eigenvalue weighted by molar-refractivity contribution is 5.13. The Morgan fingerprint density at radius 1 is 1.36 bits per heavy atom. The van der Waals surface area contributed by atoms with Gasteiger partial charge in [-0.1, -0.05) is 11.6 Å². The van der Waals surface area contributed by atoms with Gasteiger partial charge in [-0.2, -0.15) is 0 Å². The van der Waals surface area contributed by atoms with Gasteiger partial charge in [-0.15, -0.1) is 0 Å². The van der Waals surface area contributed by atoms with E-state index in [1.807, 2.05) is 38.9 Å². The van der Waals surface area contributed by atoms with Gasteiger partial charge in [0.05, 0.1) is 0 Å². The summed E-state index contributed by atoms with van der Waals surface area (Å²) in [6.07, 6.45) is 6.20. The van der Waals surface area contributed by atoms with Gasteiger partial charge in [0.1, 0.15) is 6.79 Å². The van der Waals surface area contributed by atoms with Gasteiger partial charge in [0.15, 0.2) is 0 Å². The molecule has 2 heteroatoms. The van der Waals surface area contributed by atoms with Crippen LogP contribution in [-0.4, -0.2) is 25.8 Å². The van der Waals surface area contributed by atoms with Gasteiger partial charge in [0, 0.05) is 14.1 Å². The Balaban J connectivity index is 0. The highest BCUT2D eigenvalue weighted by Crippen LogP contribution is 1.93. The summed E-state index contributed by atoms with van der Waals surface area (Å²) in [6.45, 7) is 6.12. The van der Waals surface area contributed by atoms with E-state index in [9.17, 15) is 0 Å². The molecule has 0 aliphatic rings. The Morgan fingerprint density at radius 2 is 1.82 bits per heavy atom. The molecule has 64 valence electrons. The van der Waals surface area contributed by atoms with Crippen LogP contribution < -0.4 is 0 Å². The van der Waals surface area contributed by atoms with E-state index in [4.69, 9.17) is 4.79 Å². The molecule has 0 radical (unpaired) electrons. The average molecular weight is 155 g/mol. The van der Waals surface area contributed by atoms with Crippen LogP contribution in [0.2, 0.25) is 0 Å². The zero-order valence-corrected chi connectivity index (χ0v) is 7.79. The monoisotopic (exact) mass is 155 g/mol. The van der Waals surface area contributed by atoms with Crippen LogP contribution in [0.1, 0.15) is 13.8 Å². The van der Waals surface area contributed by atoms with Gasteiger partial charge in [-0.25, -0.2) is 0 Å². The van der Waals surface area contributed by atoms with E-state index in [2.05, 4.69) is 19.1 Å². The summed E-state index contributed by atoms with van der Waals surface area (Å²) in [5.41, 5.74) is 1.30. The van der Waals surface area contributed by atoms with Crippen LogP contribution in [0.15, 0.2) is 23.9 Å². The van der Waals surface area contributed by atoms with Crippen LogP contribution >= 0.6 is 0 Å². The van der Waals surface area contributed by atoms with E-state index >= 15 is 0 Å². The van der Waals surface area contributed by atoms with E-state index in [1.54, 1.807) is 0 Å². The smallest absolute Gasteiger partial charge is 0.106 e. The quantitative estimate of drug-likeness (QED) is 0.567. The third-order valence-corrected chi connectivity index (χ3v) is 1.09. The Labute approximate surface area is 69.2 Å². The Kier molecular flexibility index (Phi) is 10.3. The topological polar surface area (TPSA) is 20.3 Å². The first kappa shape index (κ1) is 12.6. The predicted molar refractivity (Wildman–Crippen MR) is 49.4 cm³/mol. The summed E-state index contributed by atoms with van der Waals surface area (Å²) in [7, 11) is 4.03.